The molecule has 0 aliphatic heterocycles. The largest absolute Gasteiger partial charge is 0.302 e. The number of benzene rings is 2. The summed E-state index contributed by atoms with van der Waals surface area (Å²) in [6.07, 6.45) is 10.0. The molecule has 0 heterocycles. The third-order valence-electron chi connectivity index (χ3n) is 6.76. The van der Waals surface area contributed by atoms with Crippen LogP contribution >= 0.6 is 7.92 Å². The maximum Gasteiger partial charge on any atom is 0.0376 e. The molecule has 4 rings (SSSR count). The zero-order chi connectivity index (χ0) is 18.6. The van der Waals surface area contributed by atoms with Gasteiger partial charge < -0.3 is 4.90 Å². The van der Waals surface area contributed by atoms with Crippen LogP contribution in [0, 0.1) is 5.92 Å². The first kappa shape index (κ1) is 19.2. The zero-order valence-corrected chi connectivity index (χ0v) is 17.8. The van der Waals surface area contributed by atoms with Crippen LogP contribution in [0.25, 0.3) is 0 Å². The van der Waals surface area contributed by atoms with Gasteiger partial charge in [-0.05, 0) is 67.9 Å². The normalized spacial score (nSPS) is 25.7. The third kappa shape index (κ3) is 4.15. The Bertz CT molecular complexity index is 693. The summed E-state index contributed by atoms with van der Waals surface area (Å²) in [4.78, 5) is 2.49. The fourth-order valence-corrected chi connectivity index (χ4v) is 9.69. The highest BCUT2D eigenvalue weighted by atomic mass is 31.1. The topological polar surface area (TPSA) is 3.24 Å². The van der Waals surface area contributed by atoms with E-state index in [9.17, 15) is 0 Å². The molecule has 0 saturated heterocycles. The average molecular weight is 380 g/mol. The highest BCUT2D eigenvalue weighted by Crippen LogP contribution is 2.60. The van der Waals surface area contributed by atoms with Crippen LogP contribution in [0.4, 0.5) is 0 Å². The van der Waals surface area contributed by atoms with Crippen LogP contribution in [0.3, 0.4) is 0 Å². The molecule has 0 amide bonds. The minimum absolute atomic E-state index is 0.0716. The van der Waals surface area contributed by atoms with Crippen LogP contribution in [0.5, 0.6) is 0 Å². The molecule has 0 aromatic heterocycles. The Kier molecular flexibility index (Phi) is 6.31. The van der Waals surface area contributed by atoms with Crippen LogP contribution in [0.15, 0.2) is 60.7 Å². The summed E-state index contributed by atoms with van der Waals surface area (Å²) in [6, 6.07) is 23.4. The van der Waals surface area contributed by atoms with Crippen molar-refractivity contribution in [2.75, 3.05) is 14.1 Å². The van der Waals surface area contributed by atoms with Gasteiger partial charge in [-0.25, -0.2) is 0 Å². The number of hydrogen-bond donors (Lipinski definition) is 0. The molecule has 0 radical (unpaired) electrons. The summed E-state index contributed by atoms with van der Waals surface area (Å²) < 4.78 is 0. The third-order valence-corrected chi connectivity index (χ3v) is 10.3. The SMILES string of the molecule is CN(C)[C@H](c1ccccc1)C1CCCC1P(c1ccccc1)C1CCCC1. The van der Waals surface area contributed by atoms with Crippen molar-refractivity contribution in [1.29, 1.82) is 0 Å². The molecule has 2 saturated carbocycles. The highest BCUT2D eigenvalue weighted by molar-refractivity contribution is 7.67. The number of hydrogen-bond acceptors (Lipinski definition) is 1. The van der Waals surface area contributed by atoms with Crippen LogP contribution in [0.1, 0.15) is 56.6 Å². The summed E-state index contributed by atoms with van der Waals surface area (Å²) in [7, 11) is 4.50. The quantitative estimate of drug-likeness (QED) is 0.540. The Morgan fingerprint density at radius 2 is 1.41 bits per heavy atom. The van der Waals surface area contributed by atoms with Gasteiger partial charge in [-0.3, -0.25) is 0 Å². The van der Waals surface area contributed by atoms with Gasteiger partial charge in [-0.15, -0.1) is 0 Å². The molecule has 2 aliphatic carbocycles. The average Bonchev–Trinajstić information content (AvgIpc) is 3.37. The van der Waals surface area contributed by atoms with Gasteiger partial charge in [0.1, 0.15) is 0 Å². The molecular weight excluding hydrogens is 345 g/mol. The van der Waals surface area contributed by atoms with Gasteiger partial charge in [-0.1, -0.05) is 87.8 Å². The van der Waals surface area contributed by atoms with Crippen molar-refractivity contribution in [1.82, 2.24) is 4.90 Å². The maximum atomic E-state index is 2.49. The molecule has 1 nitrogen and oxygen atoms in total. The van der Waals surface area contributed by atoms with Gasteiger partial charge in [-0.2, -0.15) is 0 Å². The smallest absolute Gasteiger partial charge is 0.0376 e. The standard InChI is InChI=1S/C25H34NP/c1-26(2)25(20-12-5-3-6-13-20)23-18-11-19-24(23)27(22-16-9-10-17-22)21-14-7-4-8-15-21/h3-8,12-15,22-25H,9-11,16-19H2,1-2H3/t23?,24?,25-,27?/m1/s1. The van der Waals surface area contributed by atoms with E-state index < -0.39 is 0 Å². The van der Waals surface area contributed by atoms with E-state index >= 15 is 0 Å². The summed E-state index contributed by atoms with van der Waals surface area (Å²) in [5.41, 5.74) is 3.33. The Morgan fingerprint density at radius 3 is 2.04 bits per heavy atom. The first-order valence-electron chi connectivity index (χ1n) is 10.8. The van der Waals surface area contributed by atoms with Crippen molar-refractivity contribution in [3.63, 3.8) is 0 Å². The van der Waals surface area contributed by atoms with E-state index in [0.29, 0.717) is 6.04 Å². The first-order chi connectivity index (χ1) is 13.3. The van der Waals surface area contributed by atoms with Gasteiger partial charge in [0.05, 0.1) is 0 Å². The summed E-state index contributed by atoms with van der Waals surface area (Å²) in [6.45, 7) is 0. The number of nitrogens with zero attached hydrogens (tertiary/aromatic N) is 1. The van der Waals surface area contributed by atoms with Crippen molar-refractivity contribution in [3.8, 4) is 0 Å². The molecule has 2 fully saturated rings. The molecule has 0 bridgehead atoms. The Morgan fingerprint density at radius 1 is 0.778 bits per heavy atom. The molecule has 3 unspecified atom stereocenters. The molecule has 144 valence electrons. The lowest BCUT2D eigenvalue weighted by Gasteiger charge is -2.40. The van der Waals surface area contributed by atoms with Gasteiger partial charge >= 0.3 is 0 Å². The van der Waals surface area contributed by atoms with Crippen LogP contribution < -0.4 is 5.30 Å². The summed E-state index contributed by atoms with van der Waals surface area (Å²) in [5.74, 6) is 0.786. The van der Waals surface area contributed by atoms with Gasteiger partial charge in [0.25, 0.3) is 0 Å². The van der Waals surface area contributed by atoms with Gasteiger partial charge in [0, 0.05) is 6.04 Å². The Hall–Kier alpha value is -1.17. The van der Waals surface area contributed by atoms with Gasteiger partial charge in [0.2, 0.25) is 0 Å². The molecular formula is C25H34NP. The van der Waals surface area contributed by atoms with Crippen molar-refractivity contribution in [2.45, 2.75) is 62.3 Å². The van der Waals surface area contributed by atoms with E-state index in [2.05, 4.69) is 79.7 Å². The highest BCUT2D eigenvalue weighted by Gasteiger charge is 2.43. The van der Waals surface area contributed by atoms with E-state index in [1.165, 1.54) is 50.5 Å². The second-order valence-corrected chi connectivity index (χ2v) is 11.4. The fourth-order valence-electron chi connectivity index (χ4n) is 5.72. The number of rotatable bonds is 6. The predicted octanol–water partition coefficient (Wildman–Crippen LogP) is 6.21. The zero-order valence-electron chi connectivity index (χ0n) is 16.9. The minimum Gasteiger partial charge on any atom is -0.302 e. The Balaban J connectivity index is 1.68. The van der Waals surface area contributed by atoms with E-state index in [4.69, 9.17) is 0 Å². The lowest BCUT2D eigenvalue weighted by molar-refractivity contribution is 0.216. The van der Waals surface area contributed by atoms with Crippen molar-refractivity contribution < 1.29 is 0 Å². The molecule has 27 heavy (non-hydrogen) atoms. The van der Waals surface area contributed by atoms with E-state index in [1.54, 1.807) is 5.30 Å². The predicted molar refractivity (Wildman–Crippen MR) is 119 cm³/mol. The second-order valence-electron chi connectivity index (χ2n) is 8.66. The fraction of sp³-hybridized carbons (Fsp3) is 0.520. The first-order valence-corrected chi connectivity index (χ1v) is 12.3. The van der Waals surface area contributed by atoms with Crippen LogP contribution in [0.2, 0.25) is 0 Å². The molecule has 2 heteroatoms. The van der Waals surface area contributed by atoms with Crippen LogP contribution in [-0.2, 0) is 0 Å². The lowest BCUT2D eigenvalue weighted by atomic mass is 9.90. The van der Waals surface area contributed by atoms with E-state index in [0.717, 1.165) is 17.2 Å². The molecule has 4 atom stereocenters. The molecule has 0 spiro atoms. The molecule has 2 aromatic carbocycles. The van der Waals surface area contributed by atoms with Crippen molar-refractivity contribution in [2.24, 2.45) is 5.92 Å². The maximum absolute atomic E-state index is 2.49. The van der Waals surface area contributed by atoms with E-state index in [1.807, 2.05) is 0 Å². The van der Waals surface area contributed by atoms with E-state index in [-0.39, 0.29) is 7.92 Å². The van der Waals surface area contributed by atoms with Crippen molar-refractivity contribution in [3.05, 3.63) is 66.2 Å². The van der Waals surface area contributed by atoms with Crippen LogP contribution in [-0.4, -0.2) is 30.3 Å². The van der Waals surface area contributed by atoms with Gasteiger partial charge in [0.15, 0.2) is 0 Å². The Labute approximate surface area is 166 Å². The molecule has 2 aromatic rings. The lowest BCUT2D eigenvalue weighted by Crippen LogP contribution is -2.34. The molecule has 0 N–H and O–H groups in total. The minimum atomic E-state index is -0.0716. The van der Waals surface area contributed by atoms with Crippen molar-refractivity contribution >= 4 is 13.2 Å². The molecule has 2 aliphatic rings. The monoisotopic (exact) mass is 379 g/mol. The summed E-state index contributed by atoms with van der Waals surface area (Å²) >= 11 is 0. The summed E-state index contributed by atoms with van der Waals surface area (Å²) in [5, 5.41) is 1.67. The second kappa shape index (κ2) is 8.89.